The zero-order chi connectivity index (χ0) is 24.0. The summed E-state index contributed by atoms with van der Waals surface area (Å²) < 4.78 is 17.2. The molecule has 0 saturated carbocycles. The summed E-state index contributed by atoms with van der Waals surface area (Å²) in [6, 6.07) is 14.1. The number of aliphatic hydroxyl groups excluding tert-OH is 1. The van der Waals surface area contributed by atoms with E-state index in [1.165, 1.54) is 37.7 Å². The van der Waals surface area contributed by atoms with Gasteiger partial charge in [-0.1, -0.05) is 57.1 Å². The van der Waals surface area contributed by atoms with E-state index in [0.717, 1.165) is 55.6 Å². The molecule has 1 aliphatic rings. The number of nitriles is 1. The molecule has 0 radical (unpaired) electrons. The molecule has 3 rings (SSSR count). The van der Waals surface area contributed by atoms with Crippen molar-refractivity contribution in [3.63, 3.8) is 0 Å². The van der Waals surface area contributed by atoms with Gasteiger partial charge in [-0.2, -0.15) is 5.26 Å². The average molecular weight is 464 g/mol. The molecule has 1 heterocycles. The second kappa shape index (κ2) is 14.3. The topological polar surface area (TPSA) is 71.7 Å². The Balaban J connectivity index is 1.47. The minimum absolute atomic E-state index is 0.314. The van der Waals surface area contributed by atoms with Crippen LogP contribution < -0.4 is 14.2 Å². The molecule has 182 valence electrons. The second-order valence-electron chi connectivity index (χ2n) is 8.76. The molecule has 0 fully saturated rings. The molecule has 34 heavy (non-hydrogen) atoms. The van der Waals surface area contributed by atoms with Crippen molar-refractivity contribution in [2.45, 2.75) is 64.2 Å². The lowest BCUT2D eigenvalue weighted by Gasteiger charge is -2.12. The van der Waals surface area contributed by atoms with Gasteiger partial charge in [0, 0.05) is 13.0 Å². The van der Waals surface area contributed by atoms with Crippen LogP contribution in [0.4, 0.5) is 0 Å². The largest absolute Gasteiger partial charge is 0.493 e. The van der Waals surface area contributed by atoms with Crippen LogP contribution in [0.25, 0.3) is 11.6 Å². The third-order valence-electron chi connectivity index (χ3n) is 6.19. The molecule has 1 aliphatic heterocycles. The lowest BCUT2D eigenvalue weighted by atomic mass is 10.0. The van der Waals surface area contributed by atoms with E-state index in [4.69, 9.17) is 19.3 Å². The lowest BCUT2D eigenvalue weighted by molar-refractivity contribution is 0.281. The first-order chi connectivity index (χ1) is 16.7. The Kier molecular flexibility index (Phi) is 10.8. The molecular formula is C29H37NO4. The fraction of sp³-hybridized carbons (Fsp3) is 0.483. The zero-order valence-electron chi connectivity index (χ0n) is 20.4. The Hall–Kier alpha value is -2.97. The molecule has 5 heteroatoms. The highest BCUT2D eigenvalue weighted by molar-refractivity contribution is 5.90. The molecule has 1 N–H and O–H groups in total. The summed E-state index contributed by atoms with van der Waals surface area (Å²) >= 11 is 0. The Labute approximate surface area is 204 Å². The fourth-order valence-corrected chi connectivity index (χ4v) is 4.21. The van der Waals surface area contributed by atoms with Gasteiger partial charge in [-0.25, -0.2) is 0 Å². The van der Waals surface area contributed by atoms with Crippen molar-refractivity contribution >= 4 is 11.6 Å². The van der Waals surface area contributed by atoms with E-state index in [9.17, 15) is 5.26 Å². The van der Waals surface area contributed by atoms with Gasteiger partial charge in [0.1, 0.15) is 5.75 Å². The summed E-state index contributed by atoms with van der Waals surface area (Å²) in [5.74, 6) is 2.25. The number of fused-ring (bicyclic) bond motifs is 1. The maximum Gasteiger partial charge on any atom is 0.161 e. The van der Waals surface area contributed by atoms with Gasteiger partial charge in [-0.05, 0) is 59.9 Å². The molecule has 0 atom stereocenters. The summed E-state index contributed by atoms with van der Waals surface area (Å²) in [4.78, 5) is 0. The second-order valence-corrected chi connectivity index (χ2v) is 8.76. The molecule has 0 unspecified atom stereocenters. The lowest BCUT2D eigenvalue weighted by Crippen LogP contribution is -2.00. The molecule has 0 aliphatic carbocycles. The van der Waals surface area contributed by atoms with Gasteiger partial charge in [0.25, 0.3) is 0 Å². The maximum atomic E-state index is 9.75. The van der Waals surface area contributed by atoms with E-state index in [1.807, 2.05) is 36.4 Å². The monoisotopic (exact) mass is 463 g/mol. The van der Waals surface area contributed by atoms with Crippen LogP contribution in [0.15, 0.2) is 36.4 Å². The van der Waals surface area contributed by atoms with Gasteiger partial charge in [-0.3, -0.25) is 0 Å². The van der Waals surface area contributed by atoms with Crippen LogP contribution >= 0.6 is 0 Å². The number of rotatable bonds is 15. The SMILES string of the molecule is COc1cc(/C(C#N)=C/c2ccc3c(c2)OCC3)ccc1OCCCCCCCCCCCO. The number of unbranched alkanes of at least 4 members (excludes halogenated alkanes) is 8. The Morgan fingerprint density at radius 3 is 2.41 bits per heavy atom. The van der Waals surface area contributed by atoms with Crippen LogP contribution in [0.5, 0.6) is 17.2 Å². The van der Waals surface area contributed by atoms with Crippen LogP contribution in [0.2, 0.25) is 0 Å². The van der Waals surface area contributed by atoms with Crippen molar-refractivity contribution in [3.8, 4) is 23.3 Å². The molecule has 0 amide bonds. The number of benzene rings is 2. The highest BCUT2D eigenvalue weighted by Gasteiger charge is 2.13. The van der Waals surface area contributed by atoms with Gasteiger partial charge in [0.15, 0.2) is 11.5 Å². The quantitative estimate of drug-likeness (QED) is 0.184. The van der Waals surface area contributed by atoms with Crippen molar-refractivity contribution in [3.05, 3.63) is 53.1 Å². The van der Waals surface area contributed by atoms with E-state index in [2.05, 4.69) is 12.1 Å². The molecule has 0 saturated heterocycles. The van der Waals surface area contributed by atoms with Crippen molar-refractivity contribution in [2.24, 2.45) is 0 Å². The van der Waals surface area contributed by atoms with Gasteiger partial charge in [-0.15, -0.1) is 0 Å². The number of allylic oxidation sites excluding steroid dienone is 1. The van der Waals surface area contributed by atoms with Crippen molar-refractivity contribution in [1.82, 2.24) is 0 Å². The first-order valence-electron chi connectivity index (χ1n) is 12.5. The zero-order valence-corrected chi connectivity index (χ0v) is 20.4. The molecular weight excluding hydrogens is 426 g/mol. The summed E-state index contributed by atoms with van der Waals surface area (Å²) in [7, 11) is 1.63. The number of methoxy groups -OCH3 is 1. The third kappa shape index (κ3) is 7.81. The molecule has 5 nitrogen and oxygen atoms in total. The van der Waals surface area contributed by atoms with Gasteiger partial charge in [0.2, 0.25) is 0 Å². The molecule has 0 aromatic heterocycles. The van der Waals surface area contributed by atoms with Gasteiger partial charge >= 0.3 is 0 Å². The van der Waals surface area contributed by atoms with Crippen LogP contribution in [0.3, 0.4) is 0 Å². The van der Waals surface area contributed by atoms with Gasteiger partial charge < -0.3 is 19.3 Å². The van der Waals surface area contributed by atoms with Gasteiger partial charge in [0.05, 0.1) is 32.0 Å². The summed E-state index contributed by atoms with van der Waals surface area (Å²) in [6.45, 7) is 1.69. The predicted octanol–water partition coefficient (Wildman–Crippen LogP) is 6.58. The third-order valence-corrected chi connectivity index (χ3v) is 6.19. The van der Waals surface area contributed by atoms with Crippen LogP contribution in [-0.2, 0) is 6.42 Å². The fourth-order valence-electron chi connectivity index (χ4n) is 4.21. The van der Waals surface area contributed by atoms with Crippen LogP contribution in [-0.4, -0.2) is 32.0 Å². The molecule has 0 spiro atoms. The smallest absolute Gasteiger partial charge is 0.161 e. The molecule has 2 aromatic rings. The summed E-state index contributed by atoms with van der Waals surface area (Å²) in [5.41, 5.74) is 3.53. The predicted molar refractivity (Wildman–Crippen MR) is 136 cm³/mol. The van der Waals surface area contributed by atoms with E-state index in [0.29, 0.717) is 30.3 Å². The van der Waals surface area contributed by atoms with E-state index < -0.39 is 0 Å². The van der Waals surface area contributed by atoms with Crippen LogP contribution in [0.1, 0.15) is 74.5 Å². The first kappa shape index (κ1) is 25.6. The first-order valence-corrected chi connectivity index (χ1v) is 12.5. The average Bonchev–Trinajstić information content (AvgIpc) is 3.34. The Morgan fingerprint density at radius 2 is 1.71 bits per heavy atom. The maximum absolute atomic E-state index is 9.75. The summed E-state index contributed by atoms with van der Waals surface area (Å²) in [6.07, 6.45) is 13.3. The minimum Gasteiger partial charge on any atom is -0.493 e. The van der Waals surface area contributed by atoms with E-state index in [1.54, 1.807) is 7.11 Å². The number of hydrogen-bond acceptors (Lipinski definition) is 5. The van der Waals surface area contributed by atoms with Crippen molar-refractivity contribution in [1.29, 1.82) is 5.26 Å². The van der Waals surface area contributed by atoms with E-state index in [-0.39, 0.29) is 0 Å². The highest BCUT2D eigenvalue weighted by atomic mass is 16.5. The molecule has 0 bridgehead atoms. The normalized spacial score (nSPS) is 12.7. The Bertz CT molecular complexity index is 977. The standard InChI is InChI=1S/C29H37NO4/c1-32-29-21-25(26(22-30)19-23-11-12-24-15-18-34-28(24)20-23)13-14-27(29)33-17-10-8-6-4-2-3-5-7-9-16-31/h11-14,19-21,31H,2-10,15-18H2,1H3/b26-19+. The Morgan fingerprint density at radius 1 is 0.971 bits per heavy atom. The minimum atomic E-state index is 0.314. The van der Waals surface area contributed by atoms with Crippen molar-refractivity contribution < 1.29 is 19.3 Å². The summed E-state index contributed by atoms with van der Waals surface area (Å²) in [5, 5.41) is 18.5. The van der Waals surface area contributed by atoms with E-state index >= 15 is 0 Å². The number of ether oxygens (including phenoxy) is 3. The number of aliphatic hydroxyl groups is 1. The number of hydrogen-bond donors (Lipinski definition) is 1. The van der Waals surface area contributed by atoms with Crippen LogP contribution in [0, 0.1) is 11.3 Å². The van der Waals surface area contributed by atoms with Crippen molar-refractivity contribution in [2.75, 3.05) is 26.9 Å². The number of nitrogens with zero attached hydrogens (tertiary/aromatic N) is 1. The highest BCUT2D eigenvalue weighted by Crippen LogP contribution is 2.32. The molecule has 2 aromatic carbocycles.